The molecular weight excluding hydrogens is 270 g/mol. The number of carbonyl (C=O) groups excluding carboxylic acids is 1. The zero-order valence-corrected chi connectivity index (χ0v) is 12.4. The summed E-state index contributed by atoms with van der Waals surface area (Å²) >= 11 is 0. The molecule has 1 aliphatic rings. The molecule has 1 aliphatic heterocycles. The van der Waals surface area contributed by atoms with Crippen LogP contribution in [0.15, 0.2) is 0 Å². The van der Waals surface area contributed by atoms with E-state index in [9.17, 15) is 13.2 Å². The van der Waals surface area contributed by atoms with Crippen LogP contribution in [0.4, 0.5) is 0 Å². The Bertz CT molecular complexity index is 385. The molecule has 1 heterocycles. The number of rotatable bonds is 6. The van der Waals surface area contributed by atoms with Crippen LogP contribution in [0.25, 0.3) is 0 Å². The highest BCUT2D eigenvalue weighted by molar-refractivity contribution is 7.90. The monoisotopic (exact) mass is 293 g/mol. The number of hydrogen-bond acceptors (Lipinski definition) is 5. The van der Waals surface area contributed by atoms with Gasteiger partial charge in [-0.25, -0.2) is 13.1 Å². The first-order chi connectivity index (χ1) is 8.98. The van der Waals surface area contributed by atoms with Gasteiger partial charge in [-0.05, 0) is 20.0 Å². The van der Waals surface area contributed by atoms with Crippen LogP contribution < -0.4 is 4.72 Å². The second kappa shape index (κ2) is 7.78. The Morgan fingerprint density at radius 3 is 2.63 bits per heavy atom. The van der Waals surface area contributed by atoms with Crippen molar-refractivity contribution in [3.8, 4) is 0 Å². The lowest BCUT2D eigenvalue weighted by Gasteiger charge is -2.21. The van der Waals surface area contributed by atoms with Gasteiger partial charge in [-0.1, -0.05) is 0 Å². The fraction of sp³-hybridized carbons (Fsp3) is 0.909. The summed E-state index contributed by atoms with van der Waals surface area (Å²) < 4.78 is 29.9. The number of amides is 1. The molecule has 1 amide bonds. The average Bonchev–Trinajstić information content (AvgIpc) is 2.61. The van der Waals surface area contributed by atoms with Gasteiger partial charge in [0.1, 0.15) is 5.75 Å². The third-order valence-corrected chi connectivity index (χ3v) is 4.43. The number of sulfonamides is 1. The Morgan fingerprint density at radius 1 is 1.26 bits per heavy atom. The first-order valence-electron chi connectivity index (χ1n) is 6.39. The molecule has 0 aromatic carbocycles. The zero-order valence-electron chi connectivity index (χ0n) is 11.6. The van der Waals surface area contributed by atoms with Gasteiger partial charge in [0.25, 0.3) is 0 Å². The summed E-state index contributed by atoms with van der Waals surface area (Å²) in [5.74, 6) is -0.801. The van der Waals surface area contributed by atoms with Crippen LogP contribution in [0.1, 0.15) is 6.42 Å². The number of nitrogens with zero attached hydrogens (tertiary/aromatic N) is 2. The van der Waals surface area contributed by atoms with Crippen LogP contribution in [0.5, 0.6) is 0 Å². The molecule has 1 N–H and O–H groups in total. The molecule has 1 fully saturated rings. The smallest absolute Gasteiger partial charge is 0.239 e. The highest BCUT2D eigenvalue weighted by atomic mass is 32.2. The van der Waals surface area contributed by atoms with Crippen LogP contribution in [0.2, 0.25) is 0 Å². The second-order valence-electron chi connectivity index (χ2n) is 4.53. The summed E-state index contributed by atoms with van der Waals surface area (Å²) in [5, 5.41) is 0. The molecule has 112 valence electrons. The van der Waals surface area contributed by atoms with Crippen LogP contribution in [0, 0.1) is 0 Å². The molecule has 0 spiro atoms. The Morgan fingerprint density at radius 2 is 2.00 bits per heavy atom. The van der Waals surface area contributed by atoms with Crippen molar-refractivity contribution in [3.05, 3.63) is 0 Å². The number of nitrogens with one attached hydrogen (secondary N) is 1. The minimum Gasteiger partial charge on any atom is -0.383 e. The van der Waals surface area contributed by atoms with Crippen molar-refractivity contribution in [2.45, 2.75) is 6.42 Å². The van der Waals surface area contributed by atoms with Gasteiger partial charge >= 0.3 is 0 Å². The lowest BCUT2D eigenvalue weighted by atomic mass is 10.4. The van der Waals surface area contributed by atoms with E-state index in [1.165, 1.54) is 7.05 Å². The van der Waals surface area contributed by atoms with E-state index < -0.39 is 15.8 Å². The molecule has 0 saturated carbocycles. The van der Waals surface area contributed by atoms with E-state index in [-0.39, 0.29) is 5.91 Å². The van der Waals surface area contributed by atoms with E-state index in [0.717, 1.165) is 26.1 Å². The third kappa shape index (κ3) is 5.85. The summed E-state index contributed by atoms with van der Waals surface area (Å²) in [4.78, 5) is 15.8. The van der Waals surface area contributed by atoms with E-state index in [2.05, 4.69) is 9.62 Å². The third-order valence-electron chi connectivity index (χ3n) is 3.18. The molecule has 0 aromatic rings. The molecule has 0 aromatic heterocycles. The predicted molar refractivity (Wildman–Crippen MR) is 72.4 cm³/mol. The van der Waals surface area contributed by atoms with Gasteiger partial charge in [-0.15, -0.1) is 0 Å². The molecule has 0 unspecified atom stereocenters. The van der Waals surface area contributed by atoms with Crippen molar-refractivity contribution in [1.82, 2.24) is 14.5 Å². The summed E-state index contributed by atoms with van der Waals surface area (Å²) in [6.07, 6.45) is 0.856. The summed E-state index contributed by atoms with van der Waals surface area (Å²) in [5.41, 5.74) is 0. The number of hydrogen-bond donors (Lipinski definition) is 1. The minimum absolute atomic E-state index is 0.331. The lowest BCUT2D eigenvalue weighted by molar-refractivity contribution is -0.128. The van der Waals surface area contributed by atoms with Crippen molar-refractivity contribution in [1.29, 1.82) is 0 Å². The Hall–Kier alpha value is -0.700. The molecule has 0 atom stereocenters. The van der Waals surface area contributed by atoms with Crippen molar-refractivity contribution < 1.29 is 17.9 Å². The molecule has 1 saturated heterocycles. The molecule has 7 nitrogen and oxygen atoms in total. The molecule has 0 bridgehead atoms. The highest BCUT2D eigenvalue weighted by Crippen LogP contribution is 2.04. The number of ether oxygens (including phenoxy) is 1. The van der Waals surface area contributed by atoms with E-state index >= 15 is 0 Å². The van der Waals surface area contributed by atoms with Crippen molar-refractivity contribution in [2.24, 2.45) is 0 Å². The summed E-state index contributed by atoms with van der Waals surface area (Å²) in [6, 6.07) is 0. The molecular formula is C11H23N3O4S. The van der Waals surface area contributed by atoms with Crippen molar-refractivity contribution >= 4 is 15.9 Å². The van der Waals surface area contributed by atoms with Gasteiger partial charge in [0, 0.05) is 33.3 Å². The topological polar surface area (TPSA) is 79.0 Å². The van der Waals surface area contributed by atoms with Crippen LogP contribution >= 0.6 is 0 Å². The molecule has 0 aliphatic carbocycles. The Kier molecular flexibility index (Phi) is 6.70. The maximum absolute atomic E-state index is 11.9. The molecule has 8 heteroatoms. The van der Waals surface area contributed by atoms with Crippen molar-refractivity contribution in [2.75, 3.05) is 59.2 Å². The van der Waals surface area contributed by atoms with E-state index in [1.54, 1.807) is 12.0 Å². The van der Waals surface area contributed by atoms with Gasteiger partial charge in [0.05, 0.1) is 6.61 Å². The maximum Gasteiger partial charge on any atom is 0.239 e. The largest absolute Gasteiger partial charge is 0.383 e. The molecule has 19 heavy (non-hydrogen) atoms. The quantitative estimate of drug-likeness (QED) is 0.660. The predicted octanol–water partition coefficient (Wildman–Crippen LogP) is -1.28. The molecule has 0 radical (unpaired) electrons. The lowest BCUT2D eigenvalue weighted by Crippen LogP contribution is -2.40. The maximum atomic E-state index is 11.9. The fourth-order valence-electron chi connectivity index (χ4n) is 1.99. The number of carbonyl (C=O) groups is 1. The zero-order chi connectivity index (χ0) is 14.3. The van der Waals surface area contributed by atoms with E-state index in [1.807, 2.05) is 0 Å². The van der Waals surface area contributed by atoms with Gasteiger partial charge < -0.3 is 9.64 Å². The molecule has 1 rings (SSSR count). The minimum atomic E-state index is -3.48. The Balaban J connectivity index is 2.46. The van der Waals surface area contributed by atoms with E-state index in [4.69, 9.17) is 4.74 Å². The van der Waals surface area contributed by atoms with Gasteiger partial charge in [0.15, 0.2) is 0 Å². The van der Waals surface area contributed by atoms with Gasteiger partial charge in [-0.3, -0.25) is 9.69 Å². The van der Waals surface area contributed by atoms with Gasteiger partial charge in [0.2, 0.25) is 15.9 Å². The summed E-state index contributed by atoms with van der Waals surface area (Å²) in [7, 11) is -0.503. The normalized spacial score (nSPS) is 18.3. The van der Waals surface area contributed by atoms with Crippen LogP contribution in [0.3, 0.4) is 0 Å². The SMILES string of the molecule is CNS(=O)(=O)CC(=O)N1CCCN(CCOC)CC1. The Labute approximate surface area is 114 Å². The van der Waals surface area contributed by atoms with E-state index in [0.29, 0.717) is 19.7 Å². The van der Waals surface area contributed by atoms with Crippen LogP contribution in [-0.4, -0.2) is 83.4 Å². The average molecular weight is 293 g/mol. The standard InChI is InChI=1S/C11H23N3O4S/c1-12-19(16,17)10-11(15)14-5-3-4-13(6-7-14)8-9-18-2/h12H,3-10H2,1-2H3. The second-order valence-corrected chi connectivity index (χ2v) is 6.46. The van der Waals surface area contributed by atoms with Crippen LogP contribution in [-0.2, 0) is 19.6 Å². The highest BCUT2D eigenvalue weighted by Gasteiger charge is 2.22. The first kappa shape index (κ1) is 16.4. The number of methoxy groups -OCH3 is 1. The summed E-state index contributed by atoms with van der Waals surface area (Å²) in [6.45, 7) is 4.36. The first-order valence-corrected chi connectivity index (χ1v) is 8.04. The fourth-order valence-corrected chi connectivity index (χ4v) is 2.64. The van der Waals surface area contributed by atoms with Gasteiger partial charge in [-0.2, -0.15) is 0 Å². The van der Waals surface area contributed by atoms with Crippen molar-refractivity contribution in [3.63, 3.8) is 0 Å².